The summed E-state index contributed by atoms with van der Waals surface area (Å²) in [4.78, 5) is 0. The van der Waals surface area contributed by atoms with Gasteiger partial charge in [0.05, 0.1) is 12.3 Å². The Kier molecular flexibility index (Phi) is 2.57. The molecule has 0 saturated heterocycles. The predicted octanol–water partition coefficient (Wildman–Crippen LogP) is 2.66. The van der Waals surface area contributed by atoms with Gasteiger partial charge in [0.1, 0.15) is 0 Å². The molecule has 0 atom stereocenters. The minimum Gasteiger partial charge on any atom is -0.488 e. The van der Waals surface area contributed by atoms with Gasteiger partial charge in [0.15, 0.2) is 11.6 Å². The Morgan fingerprint density at radius 3 is 2.93 bits per heavy atom. The Bertz CT molecular complexity index is 323. The lowest BCUT2D eigenvalue weighted by molar-refractivity contribution is 0.287. The summed E-state index contributed by atoms with van der Waals surface area (Å²) in [6.45, 7) is 0.635. The molecule has 14 heavy (non-hydrogen) atoms. The maximum atomic E-state index is 13.3. The third-order valence-electron chi connectivity index (χ3n) is 2.40. The maximum Gasteiger partial charge on any atom is 0.177 e. The van der Waals surface area contributed by atoms with Crippen molar-refractivity contribution in [3.63, 3.8) is 0 Å². The third kappa shape index (κ3) is 1.97. The van der Waals surface area contributed by atoms with Gasteiger partial charge in [-0.2, -0.15) is 0 Å². The first-order chi connectivity index (χ1) is 6.81. The van der Waals surface area contributed by atoms with Crippen LogP contribution in [0.2, 0.25) is 0 Å². The zero-order valence-corrected chi connectivity index (χ0v) is 8.22. The Hall–Kier alpha value is -1.25. The fourth-order valence-electron chi connectivity index (χ4n) is 1.34. The lowest BCUT2D eigenvalue weighted by atomic mass is 10.3. The first-order valence-corrected chi connectivity index (χ1v) is 4.90. The second-order valence-corrected chi connectivity index (χ2v) is 3.62. The lowest BCUT2D eigenvalue weighted by Crippen LogP contribution is -2.03. The summed E-state index contributed by atoms with van der Waals surface area (Å²) in [7, 11) is 1.76. The highest BCUT2D eigenvalue weighted by atomic mass is 19.1. The van der Waals surface area contributed by atoms with E-state index in [1.807, 2.05) is 6.07 Å². The van der Waals surface area contributed by atoms with Gasteiger partial charge in [0.25, 0.3) is 0 Å². The number of benzene rings is 1. The standard InChI is InChI=1S/C11H14FNO/c1-13-10-4-2-3-9(12)11(10)14-7-8-5-6-8/h2-4,8,13H,5-7H2,1H3. The fourth-order valence-corrected chi connectivity index (χ4v) is 1.34. The van der Waals surface area contributed by atoms with Gasteiger partial charge < -0.3 is 10.1 Å². The molecule has 1 aliphatic rings. The molecule has 0 amide bonds. The van der Waals surface area contributed by atoms with Crippen LogP contribution in [0.25, 0.3) is 0 Å². The molecular weight excluding hydrogens is 181 g/mol. The van der Waals surface area contributed by atoms with Crippen molar-refractivity contribution in [2.45, 2.75) is 12.8 Å². The molecule has 1 aromatic carbocycles. The molecule has 2 rings (SSSR count). The van der Waals surface area contributed by atoms with E-state index in [1.54, 1.807) is 13.1 Å². The summed E-state index contributed by atoms with van der Waals surface area (Å²) in [5, 5.41) is 2.92. The van der Waals surface area contributed by atoms with Crippen LogP contribution in [-0.2, 0) is 0 Å². The molecule has 2 nitrogen and oxygen atoms in total. The molecule has 3 heteroatoms. The molecule has 0 unspecified atom stereocenters. The molecule has 1 fully saturated rings. The van der Waals surface area contributed by atoms with Crippen molar-refractivity contribution >= 4 is 5.69 Å². The van der Waals surface area contributed by atoms with Gasteiger partial charge in [-0.3, -0.25) is 0 Å². The first-order valence-electron chi connectivity index (χ1n) is 4.90. The number of ether oxygens (including phenoxy) is 1. The van der Waals surface area contributed by atoms with E-state index in [1.165, 1.54) is 18.9 Å². The Labute approximate surface area is 83.1 Å². The highest BCUT2D eigenvalue weighted by Crippen LogP contribution is 2.32. The average Bonchev–Trinajstić information content (AvgIpc) is 2.99. The van der Waals surface area contributed by atoms with Gasteiger partial charge in [0.2, 0.25) is 0 Å². The second-order valence-electron chi connectivity index (χ2n) is 3.62. The second kappa shape index (κ2) is 3.86. The maximum absolute atomic E-state index is 13.3. The van der Waals surface area contributed by atoms with Crippen LogP contribution >= 0.6 is 0 Å². The monoisotopic (exact) mass is 195 g/mol. The van der Waals surface area contributed by atoms with Gasteiger partial charge in [-0.25, -0.2) is 4.39 Å². The van der Waals surface area contributed by atoms with Gasteiger partial charge in [0, 0.05) is 7.05 Å². The molecule has 1 N–H and O–H groups in total. The number of rotatable bonds is 4. The summed E-state index contributed by atoms with van der Waals surface area (Å²) >= 11 is 0. The minimum absolute atomic E-state index is 0.294. The van der Waals surface area contributed by atoms with Crippen molar-refractivity contribution in [2.75, 3.05) is 19.0 Å². The van der Waals surface area contributed by atoms with Crippen LogP contribution in [0.4, 0.5) is 10.1 Å². The largest absolute Gasteiger partial charge is 0.488 e. The number of hydrogen-bond acceptors (Lipinski definition) is 2. The van der Waals surface area contributed by atoms with E-state index < -0.39 is 0 Å². The minimum atomic E-state index is -0.294. The van der Waals surface area contributed by atoms with Gasteiger partial charge >= 0.3 is 0 Å². The molecule has 1 aliphatic carbocycles. The van der Waals surface area contributed by atoms with E-state index >= 15 is 0 Å². The topological polar surface area (TPSA) is 21.3 Å². The lowest BCUT2D eigenvalue weighted by Gasteiger charge is -2.11. The van der Waals surface area contributed by atoms with Crippen LogP contribution in [0.15, 0.2) is 18.2 Å². The number of halogens is 1. The quantitative estimate of drug-likeness (QED) is 0.797. The zero-order chi connectivity index (χ0) is 9.97. The molecule has 0 aromatic heterocycles. The van der Waals surface area contributed by atoms with Crippen LogP contribution in [0.1, 0.15) is 12.8 Å². The highest BCUT2D eigenvalue weighted by molar-refractivity contribution is 5.56. The fraction of sp³-hybridized carbons (Fsp3) is 0.455. The van der Waals surface area contributed by atoms with Gasteiger partial charge in [-0.15, -0.1) is 0 Å². The smallest absolute Gasteiger partial charge is 0.177 e. The van der Waals surface area contributed by atoms with Gasteiger partial charge in [-0.1, -0.05) is 6.07 Å². The van der Waals surface area contributed by atoms with E-state index in [-0.39, 0.29) is 5.82 Å². The number of hydrogen-bond donors (Lipinski definition) is 1. The van der Waals surface area contributed by atoms with Gasteiger partial charge in [-0.05, 0) is 30.9 Å². The Balaban J connectivity index is 2.11. The Morgan fingerprint density at radius 1 is 1.50 bits per heavy atom. The molecule has 0 aliphatic heterocycles. The molecule has 0 bridgehead atoms. The van der Waals surface area contributed by atoms with E-state index in [0.29, 0.717) is 24.0 Å². The SMILES string of the molecule is CNc1cccc(F)c1OCC1CC1. The summed E-state index contributed by atoms with van der Waals surface area (Å²) in [5.74, 6) is 0.693. The third-order valence-corrected chi connectivity index (χ3v) is 2.40. The summed E-state index contributed by atoms with van der Waals surface area (Å²) in [6.07, 6.45) is 2.42. The summed E-state index contributed by atoms with van der Waals surface area (Å²) < 4.78 is 18.8. The van der Waals surface area contributed by atoms with Crippen molar-refractivity contribution < 1.29 is 9.13 Å². The highest BCUT2D eigenvalue weighted by Gasteiger charge is 2.23. The molecule has 76 valence electrons. The van der Waals surface area contributed by atoms with Crippen molar-refractivity contribution in [2.24, 2.45) is 5.92 Å². The van der Waals surface area contributed by atoms with Crippen LogP contribution in [0, 0.1) is 11.7 Å². The van der Waals surface area contributed by atoms with Crippen LogP contribution in [0.3, 0.4) is 0 Å². The van der Waals surface area contributed by atoms with Crippen LogP contribution in [0.5, 0.6) is 5.75 Å². The first kappa shape index (κ1) is 9.31. The van der Waals surface area contributed by atoms with E-state index in [2.05, 4.69) is 5.32 Å². The number of nitrogens with one attached hydrogen (secondary N) is 1. The number of para-hydroxylation sites is 1. The normalized spacial score (nSPS) is 15.3. The summed E-state index contributed by atoms with van der Waals surface area (Å²) in [6, 6.07) is 4.90. The number of anilines is 1. The Morgan fingerprint density at radius 2 is 2.29 bits per heavy atom. The van der Waals surface area contributed by atoms with Crippen molar-refractivity contribution in [3.8, 4) is 5.75 Å². The van der Waals surface area contributed by atoms with Crippen LogP contribution < -0.4 is 10.1 Å². The zero-order valence-electron chi connectivity index (χ0n) is 8.22. The van der Waals surface area contributed by atoms with Crippen molar-refractivity contribution in [3.05, 3.63) is 24.0 Å². The van der Waals surface area contributed by atoms with Crippen LogP contribution in [-0.4, -0.2) is 13.7 Å². The molecule has 0 heterocycles. The predicted molar refractivity (Wildman–Crippen MR) is 54.2 cm³/mol. The molecular formula is C11H14FNO. The molecule has 0 spiro atoms. The van der Waals surface area contributed by atoms with Crippen molar-refractivity contribution in [1.82, 2.24) is 0 Å². The summed E-state index contributed by atoms with van der Waals surface area (Å²) in [5.41, 5.74) is 0.714. The molecule has 0 radical (unpaired) electrons. The van der Waals surface area contributed by atoms with E-state index in [9.17, 15) is 4.39 Å². The molecule has 1 aromatic rings. The van der Waals surface area contributed by atoms with E-state index in [0.717, 1.165) is 0 Å². The van der Waals surface area contributed by atoms with Crippen molar-refractivity contribution in [1.29, 1.82) is 0 Å². The van der Waals surface area contributed by atoms with E-state index in [4.69, 9.17) is 4.74 Å². The molecule has 1 saturated carbocycles. The average molecular weight is 195 g/mol.